The predicted octanol–water partition coefficient (Wildman–Crippen LogP) is 1.98. The van der Waals surface area contributed by atoms with E-state index in [1.807, 2.05) is 34.9 Å². The monoisotopic (exact) mass is 266 g/mol. The highest BCUT2D eigenvalue weighted by Gasteiger charge is 2.27. The standard InChI is InChI=1S/C14H14N6/c15-19-12-7-13(18-14(17-12)9-5-6-9)20-8-16-10-3-1-2-4-11(10)20/h1-4,7-9H,5-6,15H2,(H,17,18,19). The SMILES string of the molecule is NNc1cc(-n2cnc3ccccc32)nc(C2CC2)n1. The van der Waals surface area contributed by atoms with E-state index < -0.39 is 0 Å². The van der Waals surface area contributed by atoms with Crippen LogP contribution < -0.4 is 11.3 Å². The van der Waals surface area contributed by atoms with Crippen molar-refractivity contribution in [3.63, 3.8) is 0 Å². The van der Waals surface area contributed by atoms with Gasteiger partial charge in [0.15, 0.2) is 0 Å². The number of hydrazine groups is 1. The van der Waals surface area contributed by atoms with Crippen LogP contribution in [0.5, 0.6) is 0 Å². The lowest BCUT2D eigenvalue weighted by Crippen LogP contribution is -2.12. The Morgan fingerprint density at radius 3 is 2.85 bits per heavy atom. The third kappa shape index (κ3) is 1.81. The highest BCUT2D eigenvalue weighted by atomic mass is 15.3. The molecule has 1 aliphatic rings. The van der Waals surface area contributed by atoms with Gasteiger partial charge in [0, 0.05) is 12.0 Å². The Kier molecular flexibility index (Phi) is 2.43. The fourth-order valence-electron chi connectivity index (χ4n) is 2.32. The maximum Gasteiger partial charge on any atom is 0.145 e. The number of aromatic nitrogens is 4. The van der Waals surface area contributed by atoms with E-state index in [2.05, 4.69) is 20.4 Å². The first-order chi connectivity index (χ1) is 9.85. The van der Waals surface area contributed by atoms with Crippen LogP contribution in [0.1, 0.15) is 24.6 Å². The summed E-state index contributed by atoms with van der Waals surface area (Å²) in [7, 11) is 0. The molecule has 3 aromatic rings. The largest absolute Gasteiger partial charge is 0.308 e. The molecule has 0 bridgehead atoms. The van der Waals surface area contributed by atoms with Gasteiger partial charge in [-0.3, -0.25) is 4.57 Å². The van der Waals surface area contributed by atoms with Crippen molar-refractivity contribution in [3.8, 4) is 5.82 Å². The lowest BCUT2D eigenvalue weighted by molar-refractivity contribution is 0.886. The predicted molar refractivity (Wildman–Crippen MR) is 76.4 cm³/mol. The number of rotatable bonds is 3. The van der Waals surface area contributed by atoms with Gasteiger partial charge in [0.05, 0.1) is 11.0 Å². The normalized spacial score (nSPS) is 14.7. The molecule has 0 spiro atoms. The molecule has 0 aliphatic heterocycles. The number of anilines is 1. The summed E-state index contributed by atoms with van der Waals surface area (Å²) in [5.74, 6) is 8.26. The molecule has 100 valence electrons. The molecule has 2 heterocycles. The molecule has 6 nitrogen and oxygen atoms in total. The summed E-state index contributed by atoms with van der Waals surface area (Å²) in [6.45, 7) is 0. The molecule has 2 aromatic heterocycles. The topological polar surface area (TPSA) is 81.6 Å². The van der Waals surface area contributed by atoms with E-state index in [9.17, 15) is 0 Å². The average Bonchev–Trinajstić information content (AvgIpc) is 3.26. The van der Waals surface area contributed by atoms with Crippen molar-refractivity contribution in [3.05, 3.63) is 42.5 Å². The first-order valence-corrected chi connectivity index (χ1v) is 6.63. The third-order valence-electron chi connectivity index (χ3n) is 3.52. The fourth-order valence-corrected chi connectivity index (χ4v) is 2.32. The average molecular weight is 266 g/mol. The molecule has 4 rings (SSSR count). The summed E-state index contributed by atoms with van der Waals surface area (Å²) < 4.78 is 1.96. The molecule has 0 radical (unpaired) electrons. The lowest BCUT2D eigenvalue weighted by atomic mass is 10.3. The summed E-state index contributed by atoms with van der Waals surface area (Å²) in [5.41, 5.74) is 4.59. The Labute approximate surface area is 115 Å². The van der Waals surface area contributed by atoms with Gasteiger partial charge in [-0.1, -0.05) is 12.1 Å². The fraction of sp³-hybridized carbons (Fsp3) is 0.214. The van der Waals surface area contributed by atoms with E-state index in [-0.39, 0.29) is 0 Å². The molecule has 0 unspecified atom stereocenters. The zero-order chi connectivity index (χ0) is 13.5. The molecular weight excluding hydrogens is 252 g/mol. The van der Waals surface area contributed by atoms with Crippen molar-refractivity contribution in [2.45, 2.75) is 18.8 Å². The second-order valence-electron chi connectivity index (χ2n) is 4.99. The van der Waals surface area contributed by atoms with E-state index in [4.69, 9.17) is 5.84 Å². The number of benzene rings is 1. The number of nitrogens with two attached hydrogens (primary N) is 1. The summed E-state index contributed by atoms with van der Waals surface area (Å²) >= 11 is 0. The van der Waals surface area contributed by atoms with Crippen molar-refractivity contribution in [2.24, 2.45) is 5.84 Å². The van der Waals surface area contributed by atoms with Crippen LogP contribution in [-0.2, 0) is 0 Å². The number of nitrogens with zero attached hydrogens (tertiary/aromatic N) is 4. The first kappa shape index (κ1) is 11.4. The molecule has 0 atom stereocenters. The van der Waals surface area contributed by atoms with Crippen LogP contribution in [0, 0.1) is 0 Å². The maximum atomic E-state index is 5.51. The van der Waals surface area contributed by atoms with Gasteiger partial charge in [-0.25, -0.2) is 20.8 Å². The van der Waals surface area contributed by atoms with Crippen molar-refractivity contribution in [2.75, 3.05) is 5.43 Å². The number of imidazole rings is 1. The second kappa shape index (κ2) is 4.28. The summed E-state index contributed by atoms with van der Waals surface area (Å²) in [5, 5.41) is 0. The summed E-state index contributed by atoms with van der Waals surface area (Å²) in [6.07, 6.45) is 4.08. The van der Waals surface area contributed by atoms with Gasteiger partial charge in [-0.15, -0.1) is 0 Å². The Hall–Kier alpha value is -2.47. The van der Waals surface area contributed by atoms with Gasteiger partial charge >= 0.3 is 0 Å². The van der Waals surface area contributed by atoms with E-state index in [1.165, 1.54) is 0 Å². The number of hydrogen-bond acceptors (Lipinski definition) is 5. The molecule has 1 aromatic carbocycles. The van der Waals surface area contributed by atoms with Crippen LogP contribution in [-0.4, -0.2) is 19.5 Å². The number of nitrogens with one attached hydrogen (secondary N) is 1. The molecular formula is C14H14N6. The number of fused-ring (bicyclic) bond motifs is 1. The Balaban J connectivity index is 1.90. The van der Waals surface area contributed by atoms with E-state index >= 15 is 0 Å². The van der Waals surface area contributed by atoms with Crippen molar-refractivity contribution < 1.29 is 0 Å². The number of para-hydroxylation sites is 2. The second-order valence-corrected chi connectivity index (χ2v) is 4.99. The number of hydrogen-bond donors (Lipinski definition) is 2. The van der Waals surface area contributed by atoms with Gasteiger partial charge in [0.1, 0.15) is 23.8 Å². The minimum atomic E-state index is 0.469. The van der Waals surface area contributed by atoms with E-state index in [0.29, 0.717) is 11.7 Å². The lowest BCUT2D eigenvalue weighted by Gasteiger charge is -2.08. The zero-order valence-electron chi connectivity index (χ0n) is 10.8. The minimum absolute atomic E-state index is 0.469. The van der Waals surface area contributed by atoms with Crippen LogP contribution in [0.15, 0.2) is 36.7 Å². The number of nitrogen functional groups attached to an aromatic ring is 1. The van der Waals surface area contributed by atoms with Crippen LogP contribution in [0.25, 0.3) is 16.9 Å². The summed E-state index contributed by atoms with van der Waals surface area (Å²) in [4.78, 5) is 13.5. The maximum absolute atomic E-state index is 5.51. The van der Waals surface area contributed by atoms with Crippen molar-refractivity contribution in [1.29, 1.82) is 0 Å². The summed E-state index contributed by atoms with van der Waals surface area (Å²) in [6, 6.07) is 9.81. The molecule has 3 N–H and O–H groups in total. The molecule has 1 saturated carbocycles. The van der Waals surface area contributed by atoms with Crippen LogP contribution in [0.2, 0.25) is 0 Å². The van der Waals surface area contributed by atoms with Gasteiger partial charge in [-0.2, -0.15) is 0 Å². The Morgan fingerprint density at radius 1 is 1.20 bits per heavy atom. The van der Waals surface area contributed by atoms with Crippen LogP contribution in [0.4, 0.5) is 5.82 Å². The Bertz CT molecular complexity index is 774. The smallest absolute Gasteiger partial charge is 0.145 e. The van der Waals surface area contributed by atoms with Crippen molar-refractivity contribution >= 4 is 16.9 Å². The highest BCUT2D eigenvalue weighted by molar-refractivity contribution is 5.76. The van der Waals surface area contributed by atoms with Gasteiger partial charge in [0.2, 0.25) is 0 Å². The van der Waals surface area contributed by atoms with Gasteiger partial charge in [0.25, 0.3) is 0 Å². The molecule has 1 aliphatic carbocycles. The van der Waals surface area contributed by atoms with E-state index in [0.717, 1.165) is 35.5 Å². The van der Waals surface area contributed by atoms with Crippen LogP contribution >= 0.6 is 0 Å². The Morgan fingerprint density at radius 2 is 2.05 bits per heavy atom. The zero-order valence-corrected chi connectivity index (χ0v) is 10.8. The van der Waals surface area contributed by atoms with Gasteiger partial charge < -0.3 is 5.43 Å². The first-order valence-electron chi connectivity index (χ1n) is 6.63. The molecule has 0 amide bonds. The van der Waals surface area contributed by atoms with Crippen molar-refractivity contribution in [1.82, 2.24) is 19.5 Å². The van der Waals surface area contributed by atoms with E-state index in [1.54, 1.807) is 6.33 Å². The quantitative estimate of drug-likeness (QED) is 0.559. The van der Waals surface area contributed by atoms with Crippen LogP contribution in [0.3, 0.4) is 0 Å². The molecule has 0 saturated heterocycles. The third-order valence-corrected chi connectivity index (χ3v) is 3.52. The molecule has 6 heteroatoms. The highest BCUT2D eigenvalue weighted by Crippen LogP contribution is 2.38. The van der Waals surface area contributed by atoms with Gasteiger partial charge in [-0.05, 0) is 25.0 Å². The molecule has 20 heavy (non-hydrogen) atoms. The minimum Gasteiger partial charge on any atom is -0.308 e. The molecule has 1 fully saturated rings.